The number of hydrogen-bond acceptors (Lipinski definition) is 4. The summed E-state index contributed by atoms with van der Waals surface area (Å²) in [6.45, 7) is 2.08. The summed E-state index contributed by atoms with van der Waals surface area (Å²) in [5.74, 6) is 0.0431. The molecular weight excluding hydrogens is 326 g/mol. The van der Waals surface area contributed by atoms with Gasteiger partial charge in [0, 0.05) is 20.6 Å². The van der Waals surface area contributed by atoms with Crippen LogP contribution in [0.5, 0.6) is 0 Å². The summed E-state index contributed by atoms with van der Waals surface area (Å²) in [6.07, 6.45) is 1.44. The molecule has 22 heavy (non-hydrogen) atoms. The topological polar surface area (TPSA) is 86.8 Å². The van der Waals surface area contributed by atoms with Gasteiger partial charge < -0.3 is 0 Å². The Morgan fingerprint density at radius 1 is 1.23 bits per heavy atom. The highest BCUT2D eigenvalue weighted by molar-refractivity contribution is 7.92. The third-order valence-electron chi connectivity index (χ3n) is 3.58. The number of nitrogens with zero attached hydrogens (tertiary/aromatic N) is 2. The SMILES string of the molecule is CCS(=O)(=O)N1CCCc2cc(NS(=O)(=O)N(C)C)ccc21. The third-order valence-corrected chi connectivity index (χ3v) is 6.82. The second kappa shape index (κ2) is 6.05. The number of nitrogens with one attached hydrogen (secondary N) is 1. The Morgan fingerprint density at radius 2 is 1.91 bits per heavy atom. The summed E-state index contributed by atoms with van der Waals surface area (Å²) in [5, 5.41) is 0. The molecule has 0 fully saturated rings. The fourth-order valence-electron chi connectivity index (χ4n) is 2.31. The van der Waals surface area contributed by atoms with E-state index in [0.717, 1.165) is 22.7 Å². The minimum Gasteiger partial charge on any atom is -0.271 e. The van der Waals surface area contributed by atoms with Gasteiger partial charge in [-0.1, -0.05) is 0 Å². The summed E-state index contributed by atoms with van der Waals surface area (Å²) >= 11 is 0. The van der Waals surface area contributed by atoms with Crippen LogP contribution in [0, 0.1) is 0 Å². The van der Waals surface area contributed by atoms with Gasteiger partial charge in [0.15, 0.2) is 0 Å². The van der Waals surface area contributed by atoms with Gasteiger partial charge in [0.05, 0.1) is 17.1 Å². The van der Waals surface area contributed by atoms with Gasteiger partial charge in [0.1, 0.15) is 0 Å². The molecule has 1 heterocycles. The molecule has 1 aromatic carbocycles. The highest BCUT2D eigenvalue weighted by atomic mass is 32.2. The van der Waals surface area contributed by atoms with Crippen LogP contribution in [0.15, 0.2) is 18.2 Å². The predicted molar refractivity (Wildman–Crippen MR) is 87.8 cm³/mol. The van der Waals surface area contributed by atoms with E-state index in [1.165, 1.54) is 18.4 Å². The Morgan fingerprint density at radius 3 is 2.50 bits per heavy atom. The van der Waals surface area contributed by atoms with E-state index >= 15 is 0 Å². The molecule has 0 unspecified atom stereocenters. The van der Waals surface area contributed by atoms with E-state index in [0.29, 0.717) is 17.9 Å². The van der Waals surface area contributed by atoms with Gasteiger partial charge in [-0.2, -0.15) is 12.7 Å². The summed E-state index contributed by atoms with van der Waals surface area (Å²) in [4.78, 5) is 0. The maximum Gasteiger partial charge on any atom is 0.301 e. The quantitative estimate of drug-likeness (QED) is 0.861. The second-order valence-electron chi connectivity index (χ2n) is 5.31. The van der Waals surface area contributed by atoms with Crippen LogP contribution in [-0.4, -0.2) is 47.5 Å². The predicted octanol–water partition coefficient (Wildman–Crippen LogP) is 1.01. The molecule has 0 bridgehead atoms. The molecule has 1 aromatic rings. The lowest BCUT2D eigenvalue weighted by molar-refractivity contribution is 0.527. The molecule has 0 aliphatic carbocycles. The summed E-state index contributed by atoms with van der Waals surface area (Å²) < 4.78 is 52.9. The Bertz CT molecular complexity index is 757. The molecule has 0 amide bonds. The fraction of sp³-hybridized carbons (Fsp3) is 0.538. The zero-order valence-electron chi connectivity index (χ0n) is 12.9. The fourth-order valence-corrected chi connectivity index (χ4v) is 4.12. The van der Waals surface area contributed by atoms with Gasteiger partial charge in [-0.05, 0) is 43.5 Å². The molecule has 1 aliphatic rings. The van der Waals surface area contributed by atoms with Gasteiger partial charge in [0.25, 0.3) is 0 Å². The minimum atomic E-state index is -3.57. The lowest BCUT2D eigenvalue weighted by Gasteiger charge is -2.30. The van der Waals surface area contributed by atoms with Crippen LogP contribution in [-0.2, 0) is 26.7 Å². The molecular formula is C13H21N3O4S2. The van der Waals surface area contributed by atoms with E-state index in [4.69, 9.17) is 0 Å². The molecule has 9 heteroatoms. The van der Waals surface area contributed by atoms with Crippen molar-refractivity contribution in [2.24, 2.45) is 0 Å². The van der Waals surface area contributed by atoms with Crippen molar-refractivity contribution in [3.05, 3.63) is 23.8 Å². The van der Waals surface area contributed by atoms with E-state index in [1.807, 2.05) is 0 Å². The first-order valence-electron chi connectivity index (χ1n) is 7.01. The van der Waals surface area contributed by atoms with E-state index < -0.39 is 20.2 Å². The van der Waals surface area contributed by atoms with Crippen LogP contribution >= 0.6 is 0 Å². The van der Waals surface area contributed by atoms with Crippen molar-refractivity contribution in [3.63, 3.8) is 0 Å². The van der Waals surface area contributed by atoms with Crippen molar-refractivity contribution in [1.82, 2.24) is 4.31 Å². The van der Waals surface area contributed by atoms with Crippen LogP contribution in [0.4, 0.5) is 11.4 Å². The maximum atomic E-state index is 12.1. The van der Waals surface area contributed by atoms with Crippen LogP contribution in [0.2, 0.25) is 0 Å². The number of benzene rings is 1. The Hall–Kier alpha value is -1.32. The molecule has 2 rings (SSSR count). The lowest BCUT2D eigenvalue weighted by atomic mass is 10.0. The monoisotopic (exact) mass is 347 g/mol. The van der Waals surface area contributed by atoms with Crippen molar-refractivity contribution in [1.29, 1.82) is 0 Å². The summed E-state index contributed by atoms with van der Waals surface area (Å²) in [7, 11) is -4.00. The highest BCUT2D eigenvalue weighted by Crippen LogP contribution is 2.32. The zero-order valence-corrected chi connectivity index (χ0v) is 14.5. The zero-order chi connectivity index (χ0) is 16.5. The lowest BCUT2D eigenvalue weighted by Crippen LogP contribution is -2.36. The molecule has 0 aromatic heterocycles. The van der Waals surface area contributed by atoms with Gasteiger partial charge in [-0.3, -0.25) is 9.03 Å². The van der Waals surface area contributed by atoms with E-state index in [-0.39, 0.29) is 5.75 Å². The van der Waals surface area contributed by atoms with Crippen LogP contribution < -0.4 is 9.03 Å². The van der Waals surface area contributed by atoms with E-state index in [1.54, 1.807) is 25.1 Å². The van der Waals surface area contributed by atoms with Crippen molar-refractivity contribution in [2.75, 3.05) is 35.4 Å². The normalized spacial score (nSPS) is 15.7. The van der Waals surface area contributed by atoms with Crippen molar-refractivity contribution in [3.8, 4) is 0 Å². The number of anilines is 2. The first-order chi connectivity index (χ1) is 10.2. The first-order valence-corrected chi connectivity index (χ1v) is 10.1. The number of rotatable bonds is 5. The number of sulfonamides is 1. The Balaban J connectivity index is 2.37. The van der Waals surface area contributed by atoms with Gasteiger partial charge >= 0.3 is 10.2 Å². The average Bonchev–Trinajstić information content (AvgIpc) is 2.45. The summed E-state index contributed by atoms with van der Waals surface area (Å²) in [5.41, 5.74) is 1.91. The van der Waals surface area contributed by atoms with Gasteiger partial charge in [-0.15, -0.1) is 0 Å². The molecule has 1 aliphatic heterocycles. The van der Waals surface area contributed by atoms with Gasteiger partial charge in [-0.25, -0.2) is 8.42 Å². The molecule has 7 nitrogen and oxygen atoms in total. The Kier molecular flexibility index (Phi) is 4.69. The van der Waals surface area contributed by atoms with Crippen LogP contribution in [0.25, 0.3) is 0 Å². The van der Waals surface area contributed by atoms with Crippen molar-refractivity contribution < 1.29 is 16.8 Å². The molecule has 0 spiro atoms. The van der Waals surface area contributed by atoms with Crippen molar-refractivity contribution >= 4 is 31.6 Å². The Labute approximate surface area is 132 Å². The first kappa shape index (κ1) is 17.0. The molecule has 1 N–H and O–H groups in total. The largest absolute Gasteiger partial charge is 0.301 e. The average molecular weight is 347 g/mol. The third kappa shape index (κ3) is 3.36. The number of aryl methyl sites for hydroxylation is 1. The second-order valence-corrected chi connectivity index (χ2v) is 9.38. The molecule has 0 radical (unpaired) electrons. The van der Waals surface area contributed by atoms with Crippen molar-refractivity contribution in [2.45, 2.75) is 19.8 Å². The highest BCUT2D eigenvalue weighted by Gasteiger charge is 2.26. The standard InChI is InChI=1S/C13H21N3O4S2/c1-4-21(17,18)16-9-5-6-11-10-12(7-8-13(11)16)14-22(19,20)15(2)3/h7-8,10,14H,4-6,9H2,1-3H3. The summed E-state index contributed by atoms with van der Waals surface area (Å²) in [6, 6.07) is 4.95. The number of hydrogen-bond donors (Lipinski definition) is 1. The maximum absolute atomic E-state index is 12.1. The molecule has 0 saturated carbocycles. The van der Waals surface area contributed by atoms with Crippen LogP contribution in [0.3, 0.4) is 0 Å². The minimum absolute atomic E-state index is 0.0431. The molecule has 0 saturated heterocycles. The van der Waals surface area contributed by atoms with E-state index in [9.17, 15) is 16.8 Å². The smallest absolute Gasteiger partial charge is 0.271 e. The van der Waals surface area contributed by atoms with Gasteiger partial charge in [0.2, 0.25) is 10.0 Å². The molecule has 0 atom stereocenters. The van der Waals surface area contributed by atoms with E-state index in [2.05, 4.69) is 4.72 Å². The molecule has 124 valence electrons. The van der Waals surface area contributed by atoms with Crippen LogP contribution in [0.1, 0.15) is 18.9 Å². The number of fused-ring (bicyclic) bond motifs is 1.